The Morgan fingerprint density at radius 1 is 1.10 bits per heavy atom. The Labute approximate surface area is 186 Å². The molecule has 1 saturated heterocycles. The Hall–Kier alpha value is -2.15. The third kappa shape index (κ3) is 7.80. The maximum absolute atomic E-state index is 14.0. The molecular formula is C24H39FN4O2. The fourth-order valence-electron chi connectivity index (χ4n) is 4.06. The molecule has 0 radical (unpaired) electrons. The maximum Gasteiger partial charge on any atom is 0.222 e. The van der Waals surface area contributed by atoms with Gasteiger partial charge in [0.25, 0.3) is 0 Å². The van der Waals surface area contributed by atoms with Crippen LogP contribution in [0.4, 0.5) is 10.1 Å². The monoisotopic (exact) mass is 434 g/mol. The van der Waals surface area contributed by atoms with Crippen LogP contribution in [0.1, 0.15) is 64.5 Å². The van der Waals surface area contributed by atoms with Crippen LogP contribution in [0.3, 0.4) is 0 Å². The fourth-order valence-corrected chi connectivity index (χ4v) is 4.06. The van der Waals surface area contributed by atoms with Gasteiger partial charge < -0.3 is 20.0 Å². The number of rotatable bonds is 11. The quantitative estimate of drug-likeness (QED) is 0.579. The van der Waals surface area contributed by atoms with Crippen molar-refractivity contribution < 1.29 is 14.0 Å². The molecule has 1 unspecified atom stereocenters. The Morgan fingerprint density at radius 2 is 1.74 bits per heavy atom. The average molecular weight is 435 g/mol. The minimum Gasteiger partial charge on any atom is -0.369 e. The Morgan fingerprint density at radius 3 is 2.35 bits per heavy atom. The summed E-state index contributed by atoms with van der Waals surface area (Å²) in [5.41, 5.74) is 1.78. The molecule has 0 spiro atoms. The molecule has 174 valence electrons. The minimum atomic E-state index is -0.301. The third-order valence-corrected chi connectivity index (χ3v) is 5.81. The van der Waals surface area contributed by atoms with Crippen LogP contribution in [0, 0.1) is 5.82 Å². The van der Waals surface area contributed by atoms with Gasteiger partial charge in [-0.1, -0.05) is 13.8 Å². The van der Waals surface area contributed by atoms with E-state index in [1.807, 2.05) is 17.9 Å². The van der Waals surface area contributed by atoms with E-state index in [4.69, 9.17) is 0 Å². The van der Waals surface area contributed by atoms with Crippen LogP contribution in [0.2, 0.25) is 0 Å². The highest BCUT2D eigenvalue weighted by atomic mass is 19.1. The molecule has 2 amide bonds. The number of benzene rings is 1. The van der Waals surface area contributed by atoms with Gasteiger partial charge in [-0.3, -0.25) is 9.59 Å². The van der Waals surface area contributed by atoms with E-state index in [1.54, 1.807) is 0 Å². The van der Waals surface area contributed by atoms with Crippen molar-refractivity contribution in [3.63, 3.8) is 0 Å². The van der Waals surface area contributed by atoms with E-state index < -0.39 is 0 Å². The zero-order chi connectivity index (χ0) is 22.8. The maximum atomic E-state index is 14.0. The van der Waals surface area contributed by atoms with Crippen molar-refractivity contribution in [3.8, 4) is 0 Å². The van der Waals surface area contributed by atoms with Crippen molar-refractivity contribution in [2.45, 2.75) is 58.9 Å². The van der Waals surface area contributed by atoms with Crippen LogP contribution in [-0.2, 0) is 9.59 Å². The molecule has 1 N–H and O–H groups in total. The smallest absolute Gasteiger partial charge is 0.222 e. The standard InChI is InChI=1S/C24H39FN4O2/c1-5-12-29(13-6-2)24(31)9-7-8-23(30)26-19(3)21-18-20(25)10-11-22(21)28-16-14-27(4)15-17-28/h10-11,18-19H,5-9,12-17H2,1-4H3,(H,26,30). The second-order valence-corrected chi connectivity index (χ2v) is 8.52. The second kappa shape index (κ2) is 12.6. The molecule has 0 saturated carbocycles. The molecule has 0 bridgehead atoms. The highest BCUT2D eigenvalue weighted by Crippen LogP contribution is 2.28. The van der Waals surface area contributed by atoms with E-state index in [9.17, 15) is 14.0 Å². The Bertz CT molecular complexity index is 714. The zero-order valence-electron chi connectivity index (χ0n) is 19.6. The molecule has 0 aliphatic carbocycles. The number of hydrogen-bond donors (Lipinski definition) is 1. The van der Waals surface area contributed by atoms with Crippen LogP contribution in [0.15, 0.2) is 18.2 Å². The summed E-state index contributed by atoms with van der Waals surface area (Å²) in [6.45, 7) is 11.2. The molecule has 7 heteroatoms. The molecule has 2 rings (SSSR count). The lowest BCUT2D eigenvalue weighted by atomic mass is 10.0. The normalized spacial score (nSPS) is 15.6. The van der Waals surface area contributed by atoms with Gasteiger partial charge in [0.05, 0.1) is 6.04 Å². The largest absolute Gasteiger partial charge is 0.369 e. The number of likely N-dealkylation sites (N-methyl/N-ethyl adjacent to an activating group) is 1. The molecule has 1 aromatic rings. The molecule has 1 atom stereocenters. The molecule has 1 heterocycles. The molecule has 1 aromatic carbocycles. The number of halogens is 1. The van der Waals surface area contributed by atoms with Crippen molar-refractivity contribution in [1.29, 1.82) is 0 Å². The molecule has 1 aliphatic heterocycles. The summed E-state index contributed by atoms with van der Waals surface area (Å²) in [5.74, 6) is -0.287. The van der Waals surface area contributed by atoms with Crippen LogP contribution < -0.4 is 10.2 Å². The number of anilines is 1. The van der Waals surface area contributed by atoms with Crippen molar-refractivity contribution in [3.05, 3.63) is 29.6 Å². The minimum absolute atomic E-state index is 0.105. The molecule has 0 aromatic heterocycles. The van der Waals surface area contributed by atoms with Gasteiger partial charge in [-0.15, -0.1) is 0 Å². The summed E-state index contributed by atoms with van der Waals surface area (Å²) in [7, 11) is 2.10. The molecule has 1 aliphatic rings. The van der Waals surface area contributed by atoms with Gasteiger partial charge in [0, 0.05) is 63.4 Å². The summed E-state index contributed by atoms with van der Waals surface area (Å²) in [4.78, 5) is 31.3. The summed E-state index contributed by atoms with van der Waals surface area (Å²) in [6.07, 6.45) is 3.07. The molecule has 31 heavy (non-hydrogen) atoms. The number of amides is 2. The second-order valence-electron chi connectivity index (χ2n) is 8.52. The van der Waals surface area contributed by atoms with Crippen LogP contribution in [0.25, 0.3) is 0 Å². The van der Waals surface area contributed by atoms with Gasteiger partial charge >= 0.3 is 0 Å². The number of nitrogens with one attached hydrogen (secondary N) is 1. The molecule has 1 fully saturated rings. The van der Waals surface area contributed by atoms with E-state index in [2.05, 4.69) is 36.0 Å². The fraction of sp³-hybridized carbons (Fsp3) is 0.667. The first-order chi connectivity index (χ1) is 14.8. The molecular weight excluding hydrogens is 395 g/mol. The summed E-state index contributed by atoms with van der Waals surface area (Å²) in [6, 6.07) is 4.52. The predicted octanol–water partition coefficient (Wildman–Crippen LogP) is 3.57. The highest BCUT2D eigenvalue weighted by molar-refractivity contribution is 5.79. The number of carbonyl (C=O) groups excluding carboxylic acids is 2. The average Bonchev–Trinajstić information content (AvgIpc) is 2.74. The van der Waals surface area contributed by atoms with Gasteiger partial charge in [0.1, 0.15) is 5.82 Å². The summed E-state index contributed by atoms with van der Waals surface area (Å²) in [5, 5.41) is 3.00. The van der Waals surface area contributed by atoms with Crippen LogP contribution >= 0.6 is 0 Å². The van der Waals surface area contributed by atoms with Crippen molar-refractivity contribution in [2.75, 3.05) is 51.2 Å². The van der Waals surface area contributed by atoms with Gasteiger partial charge in [0.2, 0.25) is 11.8 Å². The van der Waals surface area contributed by atoms with Crippen LogP contribution in [0.5, 0.6) is 0 Å². The predicted molar refractivity (Wildman–Crippen MR) is 124 cm³/mol. The lowest BCUT2D eigenvalue weighted by molar-refractivity contribution is -0.131. The van der Waals surface area contributed by atoms with E-state index in [0.717, 1.165) is 63.4 Å². The topological polar surface area (TPSA) is 55.9 Å². The van der Waals surface area contributed by atoms with E-state index >= 15 is 0 Å². The number of hydrogen-bond acceptors (Lipinski definition) is 4. The van der Waals surface area contributed by atoms with Gasteiger partial charge in [-0.25, -0.2) is 4.39 Å². The third-order valence-electron chi connectivity index (χ3n) is 5.81. The lowest BCUT2D eigenvalue weighted by Crippen LogP contribution is -2.45. The Balaban J connectivity index is 1.91. The number of piperazine rings is 1. The zero-order valence-corrected chi connectivity index (χ0v) is 19.6. The van der Waals surface area contributed by atoms with E-state index in [1.165, 1.54) is 12.1 Å². The molecule has 6 nitrogen and oxygen atoms in total. The van der Waals surface area contributed by atoms with Gasteiger partial charge in [-0.2, -0.15) is 0 Å². The van der Waals surface area contributed by atoms with Crippen molar-refractivity contribution >= 4 is 17.5 Å². The summed E-state index contributed by atoms with van der Waals surface area (Å²) >= 11 is 0. The van der Waals surface area contributed by atoms with E-state index in [0.29, 0.717) is 19.3 Å². The SMILES string of the molecule is CCCN(CCC)C(=O)CCCC(=O)NC(C)c1cc(F)ccc1N1CCN(C)CC1. The Kier molecular flexibility index (Phi) is 10.2. The lowest BCUT2D eigenvalue weighted by Gasteiger charge is -2.36. The van der Waals surface area contributed by atoms with E-state index in [-0.39, 0.29) is 23.7 Å². The first-order valence-electron chi connectivity index (χ1n) is 11.7. The van der Waals surface area contributed by atoms with Crippen LogP contribution in [-0.4, -0.2) is 67.9 Å². The summed E-state index contributed by atoms with van der Waals surface area (Å²) < 4.78 is 14.0. The highest BCUT2D eigenvalue weighted by Gasteiger charge is 2.21. The van der Waals surface area contributed by atoms with Gasteiger partial charge in [-0.05, 0) is 51.4 Å². The number of carbonyl (C=O) groups is 2. The van der Waals surface area contributed by atoms with Gasteiger partial charge in [0.15, 0.2) is 0 Å². The first-order valence-corrected chi connectivity index (χ1v) is 11.7. The number of nitrogens with zero attached hydrogens (tertiary/aromatic N) is 3. The van der Waals surface area contributed by atoms with Crippen molar-refractivity contribution in [1.82, 2.24) is 15.1 Å². The first kappa shape index (κ1) is 25.1. The van der Waals surface area contributed by atoms with Crippen molar-refractivity contribution in [2.24, 2.45) is 0 Å².